The van der Waals surface area contributed by atoms with Crippen LogP contribution in [0.3, 0.4) is 0 Å². The highest BCUT2D eigenvalue weighted by molar-refractivity contribution is 5.80. The van der Waals surface area contributed by atoms with E-state index in [0.29, 0.717) is 16.8 Å². The maximum atomic E-state index is 13.0. The fraction of sp³-hybridized carbons (Fsp3) is 0.0667. The minimum atomic E-state index is -0.327. The van der Waals surface area contributed by atoms with Gasteiger partial charge in [0.1, 0.15) is 5.82 Å². The standard InChI is InChI=1S/C15H12FN3O/c1-19-15(20)13(10-2-4-12(16)5-3-10)14(18-19)11-6-8-17-9-7-11/h2-9,18H,1H3. The molecule has 1 N–H and O–H groups in total. The third kappa shape index (κ3) is 2.03. The van der Waals surface area contributed by atoms with E-state index < -0.39 is 0 Å². The Morgan fingerprint density at radius 2 is 1.70 bits per heavy atom. The predicted octanol–water partition coefficient (Wildman–Crippen LogP) is 2.58. The van der Waals surface area contributed by atoms with Crippen LogP contribution in [-0.4, -0.2) is 14.8 Å². The lowest BCUT2D eigenvalue weighted by atomic mass is 10.0. The van der Waals surface area contributed by atoms with Gasteiger partial charge in [0.05, 0.1) is 11.3 Å². The van der Waals surface area contributed by atoms with E-state index in [1.54, 1.807) is 31.6 Å². The van der Waals surface area contributed by atoms with Gasteiger partial charge in [0.2, 0.25) is 0 Å². The Morgan fingerprint density at radius 1 is 1.05 bits per heavy atom. The average molecular weight is 269 g/mol. The molecule has 0 saturated heterocycles. The molecule has 0 unspecified atom stereocenters. The van der Waals surface area contributed by atoms with Gasteiger partial charge in [-0.15, -0.1) is 0 Å². The quantitative estimate of drug-likeness (QED) is 0.777. The van der Waals surface area contributed by atoms with Crippen molar-refractivity contribution in [2.75, 3.05) is 0 Å². The van der Waals surface area contributed by atoms with Gasteiger partial charge in [-0.05, 0) is 29.8 Å². The molecule has 0 radical (unpaired) electrons. The first-order valence-electron chi connectivity index (χ1n) is 6.12. The molecule has 3 aromatic rings. The zero-order valence-electron chi connectivity index (χ0n) is 10.8. The molecule has 0 atom stereocenters. The van der Waals surface area contributed by atoms with E-state index >= 15 is 0 Å². The Kier molecular flexibility index (Phi) is 2.95. The van der Waals surface area contributed by atoms with Gasteiger partial charge < -0.3 is 0 Å². The minimum Gasteiger partial charge on any atom is -0.295 e. The highest BCUT2D eigenvalue weighted by Gasteiger charge is 2.15. The Labute approximate surface area is 114 Å². The molecule has 0 saturated carbocycles. The molecule has 100 valence electrons. The molecule has 1 aromatic carbocycles. The molecule has 0 amide bonds. The largest absolute Gasteiger partial charge is 0.295 e. The van der Waals surface area contributed by atoms with Crippen molar-refractivity contribution in [3.05, 3.63) is 65.0 Å². The van der Waals surface area contributed by atoms with Crippen molar-refractivity contribution < 1.29 is 4.39 Å². The van der Waals surface area contributed by atoms with Gasteiger partial charge in [-0.3, -0.25) is 19.6 Å². The molecule has 4 nitrogen and oxygen atoms in total. The summed E-state index contributed by atoms with van der Waals surface area (Å²) in [4.78, 5) is 16.2. The summed E-state index contributed by atoms with van der Waals surface area (Å²) in [5.74, 6) is -0.327. The number of nitrogens with zero attached hydrogens (tertiary/aromatic N) is 2. The van der Waals surface area contributed by atoms with Crippen molar-refractivity contribution in [2.24, 2.45) is 7.05 Å². The molecule has 0 spiro atoms. The zero-order chi connectivity index (χ0) is 14.1. The molecule has 0 aliphatic carbocycles. The highest BCUT2D eigenvalue weighted by Crippen LogP contribution is 2.27. The molecule has 20 heavy (non-hydrogen) atoms. The van der Waals surface area contributed by atoms with E-state index in [4.69, 9.17) is 0 Å². The number of aromatic amines is 1. The summed E-state index contributed by atoms with van der Waals surface area (Å²) >= 11 is 0. The fourth-order valence-corrected chi connectivity index (χ4v) is 2.16. The Morgan fingerprint density at radius 3 is 2.35 bits per heavy atom. The number of aromatic nitrogens is 3. The Balaban J connectivity index is 2.25. The normalized spacial score (nSPS) is 10.7. The first kappa shape index (κ1) is 12.3. The maximum Gasteiger partial charge on any atom is 0.274 e. The topological polar surface area (TPSA) is 50.7 Å². The van der Waals surface area contributed by atoms with Crippen LogP contribution in [0.4, 0.5) is 4.39 Å². The lowest BCUT2D eigenvalue weighted by Crippen LogP contribution is -2.13. The van der Waals surface area contributed by atoms with Crippen molar-refractivity contribution >= 4 is 0 Å². The van der Waals surface area contributed by atoms with Crippen molar-refractivity contribution in [3.8, 4) is 22.4 Å². The summed E-state index contributed by atoms with van der Waals surface area (Å²) in [7, 11) is 1.65. The van der Waals surface area contributed by atoms with Gasteiger partial charge in [-0.1, -0.05) is 12.1 Å². The molecule has 0 aliphatic rings. The van der Waals surface area contributed by atoms with E-state index in [2.05, 4.69) is 10.1 Å². The molecular formula is C15H12FN3O. The van der Waals surface area contributed by atoms with Crippen LogP contribution < -0.4 is 5.56 Å². The second-order valence-electron chi connectivity index (χ2n) is 4.47. The molecule has 0 aliphatic heterocycles. The van der Waals surface area contributed by atoms with Gasteiger partial charge in [0.25, 0.3) is 5.56 Å². The molecular weight excluding hydrogens is 257 g/mol. The summed E-state index contributed by atoms with van der Waals surface area (Å²) < 4.78 is 14.4. The average Bonchev–Trinajstić information content (AvgIpc) is 2.77. The number of rotatable bonds is 2. The van der Waals surface area contributed by atoms with Crippen molar-refractivity contribution in [3.63, 3.8) is 0 Å². The van der Waals surface area contributed by atoms with Gasteiger partial charge >= 0.3 is 0 Å². The van der Waals surface area contributed by atoms with Gasteiger partial charge in [-0.2, -0.15) is 0 Å². The molecule has 0 bridgehead atoms. The van der Waals surface area contributed by atoms with E-state index in [9.17, 15) is 9.18 Å². The monoisotopic (exact) mass is 269 g/mol. The highest BCUT2D eigenvalue weighted by atomic mass is 19.1. The molecule has 2 aromatic heterocycles. The van der Waals surface area contributed by atoms with E-state index in [1.165, 1.54) is 16.8 Å². The van der Waals surface area contributed by atoms with Crippen molar-refractivity contribution in [2.45, 2.75) is 0 Å². The smallest absolute Gasteiger partial charge is 0.274 e. The summed E-state index contributed by atoms with van der Waals surface area (Å²) in [5, 5.41) is 3.02. The molecule has 5 heteroatoms. The van der Waals surface area contributed by atoms with Gasteiger partial charge in [0, 0.05) is 25.0 Å². The van der Waals surface area contributed by atoms with Gasteiger partial charge in [-0.25, -0.2) is 4.39 Å². The third-order valence-corrected chi connectivity index (χ3v) is 3.15. The van der Waals surface area contributed by atoms with Crippen LogP contribution in [0, 0.1) is 5.82 Å². The van der Waals surface area contributed by atoms with Crippen LogP contribution in [0.5, 0.6) is 0 Å². The van der Waals surface area contributed by atoms with Crippen molar-refractivity contribution in [1.29, 1.82) is 0 Å². The lowest BCUT2D eigenvalue weighted by Gasteiger charge is -2.02. The number of halogens is 1. The summed E-state index contributed by atoms with van der Waals surface area (Å²) in [6.45, 7) is 0. The SMILES string of the molecule is Cn1[nH]c(-c2ccncc2)c(-c2ccc(F)cc2)c1=O. The Hall–Kier alpha value is -2.69. The van der Waals surface area contributed by atoms with Crippen LogP contribution in [-0.2, 0) is 7.05 Å². The Bertz CT molecular complexity index is 788. The number of pyridine rings is 1. The third-order valence-electron chi connectivity index (χ3n) is 3.15. The molecule has 2 heterocycles. The summed E-state index contributed by atoms with van der Waals surface area (Å²) in [6, 6.07) is 9.53. The zero-order valence-corrected chi connectivity index (χ0v) is 10.8. The summed E-state index contributed by atoms with van der Waals surface area (Å²) in [5.41, 5.74) is 2.62. The number of nitrogens with one attached hydrogen (secondary N) is 1. The number of H-pyrrole nitrogens is 1. The van der Waals surface area contributed by atoms with Crippen LogP contribution in [0.15, 0.2) is 53.6 Å². The van der Waals surface area contributed by atoms with E-state index in [0.717, 1.165) is 5.56 Å². The van der Waals surface area contributed by atoms with E-state index in [-0.39, 0.29) is 11.4 Å². The second kappa shape index (κ2) is 4.77. The lowest BCUT2D eigenvalue weighted by molar-refractivity contribution is 0.628. The van der Waals surface area contributed by atoms with Crippen molar-refractivity contribution in [1.82, 2.24) is 14.8 Å². The predicted molar refractivity (Wildman–Crippen MR) is 74.7 cm³/mol. The number of hydrogen-bond donors (Lipinski definition) is 1. The van der Waals surface area contributed by atoms with Crippen LogP contribution in [0.2, 0.25) is 0 Å². The fourth-order valence-electron chi connectivity index (χ4n) is 2.16. The van der Waals surface area contributed by atoms with Gasteiger partial charge in [0.15, 0.2) is 0 Å². The second-order valence-corrected chi connectivity index (χ2v) is 4.47. The molecule has 0 fully saturated rings. The molecule has 3 rings (SSSR count). The van der Waals surface area contributed by atoms with Crippen LogP contribution in [0.25, 0.3) is 22.4 Å². The first-order valence-corrected chi connectivity index (χ1v) is 6.12. The number of aryl methyl sites for hydroxylation is 1. The van der Waals surface area contributed by atoms with E-state index in [1.807, 2.05) is 12.1 Å². The number of hydrogen-bond acceptors (Lipinski definition) is 2. The van der Waals surface area contributed by atoms with Crippen LogP contribution >= 0.6 is 0 Å². The van der Waals surface area contributed by atoms with Crippen LogP contribution in [0.1, 0.15) is 0 Å². The maximum absolute atomic E-state index is 13.0. The minimum absolute atomic E-state index is 0.150. The number of benzene rings is 1. The first-order chi connectivity index (χ1) is 9.66. The summed E-state index contributed by atoms with van der Waals surface area (Å²) in [6.07, 6.45) is 3.32.